The molecule has 16 heavy (non-hydrogen) atoms. The molecule has 0 aliphatic heterocycles. The molecule has 1 aromatic heterocycles. The van der Waals surface area contributed by atoms with Crippen LogP contribution >= 0.6 is 11.8 Å². The minimum atomic E-state index is -0.441. The molecule has 0 aliphatic rings. The van der Waals surface area contributed by atoms with Crippen molar-refractivity contribution in [3.63, 3.8) is 0 Å². The largest absolute Gasteiger partial charge is 0.390 e. The Balaban J connectivity index is 2.08. The summed E-state index contributed by atoms with van der Waals surface area (Å²) in [4.78, 5) is 8.06. The Labute approximate surface area is 100 Å². The van der Waals surface area contributed by atoms with Gasteiger partial charge in [0.2, 0.25) is 0 Å². The topological polar surface area (TPSA) is 55.2 Å². The zero-order valence-electron chi connectivity index (χ0n) is 9.50. The van der Waals surface area contributed by atoms with Gasteiger partial charge in [0.1, 0.15) is 5.03 Å². The van der Waals surface area contributed by atoms with E-state index in [4.69, 9.17) is 4.74 Å². The predicted octanol–water partition coefficient (Wildman–Crippen LogP) is 1.75. The molecule has 0 amide bonds. The molecule has 0 bridgehead atoms. The number of hydrogen-bond donors (Lipinski definition) is 1. The molecule has 0 saturated heterocycles. The lowest BCUT2D eigenvalue weighted by molar-refractivity contribution is 0.0473. The van der Waals surface area contributed by atoms with E-state index >= 15 is 0 Å². The van der Waals surface area contributed by atoms with E-state index in [2.05, 4.69) is 16.9 Å². The first-order valence-corrected chi connectivity index (χ1v) is 6.46. The van der Waals surface area contributed by atoms with Gasteiger partial charge in [0.15, 0.2) is 0 Å². The van der Waals surface area contributed by atoms with E-state index in [1.54, 1.807) is 18.6 Å². The van der Waals surface area contributed by atoms with Crippen molar-refractivity contribution in [1.82, 2.24) is 9.97 Å². The highest BCUT2D eigenvalue weighted by atomic mass is 32.2. The molecule has 1 N–H and O–H groups in total. The standard InChI is InChI=1S/C11H18N2O2S/c1-2-3-6-15-8-10(14)9-16-11-7-12-4-5-13-11/h4-5,7,10,14H,2-3,6,8-9H2,1H3. The number of ether oxygens (including phenoxy) is 1. The summed E-state index contributed by atoms with van der Waals surface area (Å²) in [5, 5.41) is 10.4. The molecule has 0 spiro atoms. The van der Waals surface area contributed by atoms with E-state index in [0.717, 1.165) is 24.5 Å². The second kappa shape index (κ2) is 8.50. The lowest BCUT2D eigenvalue weighted by Gasteiger charge is -2.10. The van der Waals surface area contributed by atoms with Gasteiger partial charge in [-0.2, -0.15) is 0 Å². The number of unbranched alkanes of at least 4 members (excludes halogenated alkanes) is 1. The number of hydrogen-bond acceptors (Lipinski definition) is 5. The van der Waals surface area contributed by atoms with Crippen LogP contribution in [0.5, 0.6) is 0 Å². The van der Waals surface area contributed by atoms with E-state index in [-0.39, 0.29) is 0 Å². The summed E-state index contributed by atoms with van der Waals surface area (Å²) >= 11 is 1.49. The van der Waals surface area contributed by atoms with Gasteiger partial charge in [-0.15, -0.1) is 11.8 Å². The fourth-order valence-corrected chi connectivity index (χ4v) is 1.79. The Hall–Kier alpha value is -0.650. The van der Waals surface area contributed by atoms with Crippen molar-refractivity contribution in [3.8, 4) is 0 Å². The van der Waals surface area contributed by atoms with Gasteiger partial charge in [0.25, 0.3) is 0 Å². The summed E-state index contributed by atoms with van der Waals surface area (Å²) in [7, 11) is 0. The molecule has 4 nitrogen and oxygen atoms in total. The Morgan fingerprint density at radius 3 is 3.06 bits per heavy atom. The molecule has 5 heteroatoms. The van der Waals surface area contributed by atoms with Crippen LogP contribution in [0.1, 0.15) is 19.8 Å². The van der Waals surface area contributed by atoms with Crippen molar-refractivity contribution in [2.75, 3.05) is 19.0 Å². The lowest BCUT2D eigenvalue weighted by Crippen LogP contribution is -2.18. The van der Waals surface area contributed by atoms with Crippen LogP contribution in [-0.2, 0) is 4.74 Å². The third-order valence-corrected chi connectivity index (χ3v) is 2.97. The fraction of sp³-hybridized carbons (Fsp3) is 0.636. The number of aromatic nitrogens is 2. The smallest absolute Gasteiger partial charge is 0.114 e. The molecule has 1 atom stereocenters. The first-order chi connectivity index (χ1) is 7.83. The SMILES string of the molecule is CCCCOCC(O)CSc1cnccn1. The minimum Gasteiger partial charge on any atom is -0.390 e. The van der Waals surface area contributed by atoms with Crippen molar-refractivity contribution in [2.24, 2.45) is 0 Å². The van der Waals surface area contributed by atoms with Crippen LogP contribution in [0.4, 0.5) is 0 Å². The van der Waals surface area contributed by atoms with Crippen LogP contribution in [0.15, 0.2) is 23.6 Å². The second-order valence-electron chi connectivity index (χ2n) is 3.44. The molecule has 1 unspecified atom stereocenters. The Morgan fingerprint density at radius 2 is 2.38 bits per heavy atom. The van der Waals surface area contributed by atoms with Crippen LogP contribution in [0.25, 0.3) is 0 Å². The van der Waals surface area contributed by atoms with Gasteiger partial charge in [-0.05, 0) is 6.42 Å². The average molecular weight is 242 g/mol. The maximum absolute atomic E-state index is 9.62. The molecule has 1 heterocycles. The summed E-state index contributed by atoms with van der Waals surface area (Å²) in [5.41, 5.74) is 0. The quantitative estimate of drug-likeness (QED) is 0.556. The zero-order valence-corrected chi connectivity index (χ0v) is 10.3. The van der Waals surface area contributed by atoms with E-state index < -0.39 is 6.10 Å². The minimum absolute atomic E-state index is 0.396. The van der Waals surface area contributed by atoms with Gasteiger partial charge in [-0.25, -0.2) is 4.98 Å². The zero-order chi connectivity index (χ0) is 11.6. The first-order valence-electron chi connectivity index (χ1n) is 5.47. The van der Waals surface area contributed by atoms with Gasteiger partial charge < -0.3 is 9.84 Å². The van der Waals surface area contributed by atoms with Crippen molar-refractivity contribution in [1.29, 1.82) is 0 Å². The molecule has 0 radical (unpaired) electrons. The molecular formula is C11H18N2O2S. The Morgan fingerprint density at radius 1 is 1.50 bits per heavy atom. The number of rotatable bonds is 8. The molecule has 1 aromatic rings. The summed E-state index contributed by atoms with van der Waals surface area (Å²) in [6.45, 7) is 3.24. The van der Waals surface area contributed by atoms with Crippen molar-refractivity contribution >= 4 is 11.8 Å². The monoisotopic (exact) mass is 242 g/mol. The van der Waals surface area contributed by atoms with E-state index in [1.807, 2.05) is 0 Å². The average Bonchev–Trinajstić information content (AvgIpc) is 2.33. The number of aliphatic hydroxyl groups is 1. The molecule has 1 rings (SSSR count). The maximum atomic E-state index is 9.62. The van der Waals surface area contributed by atoms with Crippen molar-refractivity contribution < 1.29 is 9.84 Å². The third-order valence-electron chi connectivity index (χ3n) is 1.92. The number of aliphatic hydroxyl groups excluding tert-OH is 1. The highest BCUT2D eigenvalue weighted by Crippen LogP contribution is 2.14. The van der Waals surface area contributed by atoms with Crippen LogP contribution < -0.4 is 0 Å². The molecular weight excluding hydrogens is 224 g/mol. The third kappa shape index (κ3) is 6.05. The molecule has 90 valence electrons. The van der Waals surface area contributed by atoms with Crippen LogP contribution in [0.3, 0.4) is 0 Å². The maximum Gasteiger partial charge on any atom is 0.114 e. The van der Waals surface area contributed by atoms with Gasteiger partial charge in [-0.1, -0.05) is 13.3 Å². The fourth-order valence-electron chi connectivity index (χ4n) is 1.06. The highest BCUT2D eigenvalue weighted by molar-refractivity contribution is 7.99. The van der Waals surface area contributed by atoms with Gasteiger partial charge in [0.05, 0.1) is 18.9 Å². The molecule has 0 saturated carbocycles. The van der Waals surface area contributed by atoms with Crippen LogP contribution in [0, 0.1) is 0 Å². The van der Waals surface area contributed by atoms with E-state index in [9.17, 15) is 5.11 Å². The number of nitrogens with zero attached hydrogens (tertiary/aromatic N) is 2. The number of thioether (sulfide) groups is 1. The Kier molecular flexibility index (Phi) is 7.12. The highest BCUT2D eigenvalue weighted by Gasteiger charge is 2.05. The molecule has 0 aliphatic carbocycles. The van der Waals surface area contributed by atoms with Crippen molar-refractivity contribution in [3.05, 3.63) is 18.6 Å². The second-order valence-corrected chi connectivity index (χ2v) is 4.48. The van der Waals surface area contributed by atoms with Crippen LogP contribution in [0.2, 0.25) is 0 Å². The lowest BCUT2D eigenvalue weighted by atomic mass is 10.3. The normalized spacial score (nSPS) is 12.6. The summed E-state index contributed by atoms with van der Waals surface area (Å²) < 4.78 is 5.32. The van der Waals surface area contributed by atoms with Crippen LogP contribution in [-0.4, -0.2) is 40.1 Å². The predicted molar refractivity (Wildman–Crippen MR) is 64.5 cm³/mol. The summed E-state index contributed by atoms with van der Waals surface area (Å²) in [6, 6.07) is 0. The summed E-state index contributed by atoms with van der Waals surface area (Å²) in [6.07, 6.45) is 6.69. The van der Waals surface area contributed by atoms with E-state index in [1.165, 1.54) is 11.8 Å². The van der Waals surface area contributed by atoms with Crippen molar-refractivity contribution in [2.45, 2.75) is 30.9 Å². The Bertz CT molecular complexity index is 272. The first kappa shape index (κ1) is 13.4. The summed E-state index contributed by atoms with van der Waals surface area (Å²) in [5.74, 6) is 0.588. The van der Waals surface area contributed by atoms with Gasteiger partial charge in [0, 0.05) is 24.8 Å². The molecule has 0 fully saturated rings. The van der Waals surface area contributed by atoms with Gasteiger partial charge in [-0.3, -0.25) is 4.98 Å². The van der Waals surface area contributed by atoms with Gasteiger partial charge >= 0.3 is 0 Å². The molecule has 0 aromatic carbocycles. The van der Waals surface area contributed by atoms with E-state index in [0.29, 0.717) is 12.4 Å².